The quantitative estimate of drug-likeness (QED) is 0.302. The summed E-state index contributed by atoms with van der Waals surface area (Å²) in [5, 5.41) is 6.71. The molecule has 0 aliphatic heterocycles. The monoisotopic (exact) mass is 329 g/mol. The summed E-state index contributed by atoms with van der Waals surface area (Å²) in [6.07, 6.45) is 2.25. The van der Waals surface area contributed by atoms with Crippen LogP contribution in [0.4, 0.5) is 0 Å². The number of nitrogens with zero attached hydrogens (tertiary/aromatic N) is 3. The number of aliphatic imine (C=N–C) groups is 1. The third-order valence-electron chi connectivity index (χ3n) is 4.08. The average molecular weight is 330 g/mol. The van der Waals surface area contributed by atoms with Crippen molar-refractivity contribution >= 4 is 5.96 Å². The molecule has 0 saturated carbocycles. The maximum atomic E-state index is 5.08. The van der Waals surface area contributed by atoms with Gasteiger partial charge in [-0.1, -0.05) is 6.92 Å². The first-order chi connectivity index (χ1) is 11.0. The molecule has 2 N–H and O–H groups in total. The van der Waals surface area contributed by atoms with E-state index in [9.17, 15) is 0 Å². The SMILES string of the molecule is CCNC(=NCCN(C)C(C)CC)NCCN(C)CCCOC. The summed E-state index contributed by atoms with van der Waals surface area (Å²) in [5.74, 6) is 0.912. The molecule has 0 heterocycles. The van der Waals surface area contributed by atoms with Crippen molar-refractivity contribution in [3.8, 4) is 0 Å². The molecule has 0 aliphatic carbocycles. The number of methoxy groups -OCH3 is 1. The maximum absolute atomic E-state index is 5.08. The zero-order valence-electron chi connectivity index (χ0n) is 16.2. The molecule has 0 radical (unpaired) electrons. The fourth-order valence-electron chi connectivity index (χ4n) is 2.15. The van der Waals surface area contributed by atoms with E-state index >= 15 is 0 Å². The van der Waals surface area contributed by atoms with E-state index in [1.165, 1.54) is 6.42 Å². The second-order valence-corrected chi connectivity index (χ2v) is 6.07. The molecule has 0 aliphatic rings. The van der Waals surface area contributed by atoms with Gasteiger partial charge in [0.05, 0.1) is 6.54 Å². The van der Waals surface area contributed by atoms with Gasteiger partial charge in [-0.2, -0.15) is 0 Å². The van der Waals surface area contributed by atoms with E-state index in [1.807, 2.05) is 0 Å². The largest absolute Gasteiger partial charge is 0.385 e. The second-order valence-electron chi connectivity index (χ2n) is 6.07. The number of hydrogen-bond acceptors (Lipinski definition) is 4. The van der Waals surface area contributed by atoms with Crippen LogP contribution in [0.2, 0.25) is 0 Å². The zero-order valence-corrected chi connectivity index (χ0v) is 16.2. The third-order valence-corrected chi connectivity index (χ3v) is 4.08. The third kappa shape index (κ3) is 12.3. The Morgan fingerprint density at radius 1 is 1.13 bits per heavy atom. The van der Waals surface area contributed by atoms with E-state index in [1.54, 1.807) is 7.11 Å². The number of hydrogen-bond donors (Lipinski definition) is 2. The van der Waals surface area contributed by atoms with Gasteiger partial charge >= 0.3 is 0 Å². The van der Waals surface area contributed by atoms with Crippen LogP contribution in [0, 0.1) is 0 Å². The van der Waals surface area contributed by atoms with Crippen LogP contribution in [-0.4, -0.2) is 88.9 Å². The first kappa shape index (κ1) is 22.1. The van der Waals surface area contributed by atoms with Gasteiger partial charge in [-0.15, -0.1) is 0 Å². The van der Waals surface area contributed by atoms with Crippen molar-refractivity contribution in [3.63, 3.8) is 0 Å². The highest BCUT2D eigenvalue weighted by molar-refractivity contribution is 5.79. The second kappa shape index (κ2) is 14.7. The zero-order chi connectivity index (χ0) is 17.5. The van der Waals surface area contributed by atoms with E-state index in [2.05, 4.69) is 60.3 Å². The summed E-state index contributed by atoms with van der Waals surface area (Å²) in [4.78, 5) is 9.33. The van der Waals surface area contributed by atoms with E-state index in [-0.39, 0.29) is 0 Å². The Hall–Kier alpha value is -0.850. The van der Waals surface area contributed by atoms with E-state index in [0.29, 0.717) is 6.04 Å². The van der Waals surface area contributed by atoms with Crippen LogP contribution in [-0.2, 0) is 4.74 Å². The highest BCUT2D eigenvalue weighted by Crippen LogP contribution is 1.98. The lowest BCUT2D eigenvalue weighted by Crippen LogP contribution is -2.41. The molecule has 0 aromatic carbocycles. The minimum atomic E-state index is 0.612. The topological polar surface area (TPSA) is 52.1 Å². The van der Waals surface area contributed by atoms with Crippen molar-refractivity contribution in [2.24, 2.45) is 4.99 Å². The van der Waals surface area contributed by atoms with Crippen LogP contribution in [0.5, 0.6) is 0 Å². The van der Waals surface area contributed by atoms with Gasteiger partial charge in [-0.3, -0.25) is 4.99 Å². The molecule has 0 aromatic rings. The minimum absolute atomic E-state index is 0.612. The van der Waals surface area contributed by atoms with E-state index in [4.69, 9.17) is 4.74 Å². The van der Waals surface area contributed by atoms with Crippen LogP contribution in [0.3, 0.4) is 0 Å². The Balaban J connectivity index is 4.02. The van der Waals surface area contributed by atoms with Crippen LogP contribution >= 0.6 is 0 Å². The minimum Gasteiger partial charge on any atom is -0.385 e. The molecule has 138 valence electrons. The standard InChI is InChI=1S/C17H39N5O/c1-7-16(3)22(5)14-11-20-17(18-8-2)19-10-13-21(4)12-9-15-23-6/h16H,7-15H2,1-6H3,(H2,18,19,20). The molecule has 6 heteroatoms. The van der Waals surface area contributed by atoms with Gasteiger partial charge in [0.1, 0.15) is 0 Å². The van der Waals surface area contributed by atoms with E-state index < -0.39 is 0 Å². The predicted octanol–water partition coefficient (Wildman–Crippen LogP) is 1.24. The van der Waals surface area contributed by atoms with Gasteiger partial charge in [0.25, 0.3) is 0 Å². The van der Waals surface area contributed by atoms with Crippen molar-refractivity contribution in [3.05, 3.63) is 0 Å². The summed E-state index contributed by atoms with van der Waals surface area (Å²) in [6.45, 7) is 13.1. The normalized spacial score (nSPS) is 13.7. The van der Waals surface area contributed by atoms with Gasteiger partial charge in [-0.05, 0) is 40.8 Å². The summed E-state index contributed by atoms with van der Waals surface area (Å²) in [7, 11) is 6.06. The maximum Gasteiger partial charge on any atom is 0.191 e. The average Bonchev–Trinajstić information content (AvgIpc) is 2.54. The fourth-order valence-corrected chi connectivity index (χ4v) is 2.15. The van der Waals surface area contributed by atoms with Crippen LogP contribution < -0.4 is 10.6 Å². The predicted molar refractivity (Wildman–Crippen MR) is 100 cm³/mol. The molecule has 6 nitrogen and oxygen atoms in total. The molecule has 1 atom stereocenters. The van der Waals surface area contributed by atoms with Crippen molar-refractivity contribution in [1.82, 2.24) is 20.4 Å². The number of ether oxygens (including phenoxy) is 1. The summed E-state index contributed by atoms with van der Waals surface area (Å²) in [6, 6.07) is 0.612. The lowest BCUT2D eigenvalue weighted by atomic mass is 10.2. The first-order valence-electron chi connectivity index (χ1n) is 8.94. The van der Waals surface area contributed by atoms with Gasteiger partial charge in [0, 0.05) is 52.5 Å². The molecule has 0 fully saturated rings. The Kier molecular flexibility index (Phi) is 14.2. The van der Waals surface area contributed by atoms with Gasteiger partial charge < -0.3 is 25.2 Å². The van der Waals surface area contributed by atoms with Crippen molar-refractivity contribution in [2.75, 3.05) is 67.1 Å². The molecule has 0 spiro atoms. The molecule has 0 aromatic heterocycles. The smallest absolute Gasteiger partial charge is 0.191 e. The Morgan fingerprint density at radius 3 is 2.48 bits per heavy atom. The lowest BCUT2D eigenvalue weighted by molar-refractivity contribution is 0.180. The van der Waals surface area contributed by atoms with Crippen molar-refractivity contribution < 1.29 is 4.74 Å². The van der Waals surface area contributed by atoms with Gasteiger partial charge in [0.2, 0.25) is 0 Å². The molecule has 0 rings (SSSR count). The summed E-state index contributed by atoms with van der Waals surface area (Å²) < 4.78 is 5.08. The molecule has 23 heavy (non-hydrogen) atoms. The first-order valence-corrected chi connectivity index (χ1v) is 8.94. The lowest BCUT2D eigenvalue weighted by Gasteiger charge is -2.22. The Morgan fingerprint density at radius 2 is 1.87 bits per heavy atom. The molecular formula is C17H39N5O. The van der Waals surface area contributed by atoms with Crippen LogP contribution in [0.25, 0.3) is 0 Å². The highest BCUT2D eigenvalue weighted by atomic mass is 16.5. The van der Waals surface area contributed by atoms with E-state index in [0.717, 1.165) is 58.3 Å². The summed E-state index contributed by atoms with van der Waals surface area (Å²) >= 11 is 0. The number of rotatable bonds is 13. The van der Waals surface area contributed by atoms with Gasteiger partial charge in [-0.25, -0.2) is 0 Å². The van der Waals surface area contributed by atoms with Crippen molar-refractivity contribution in [2.45, 2.75) is 39.7 Å². The van der Waals surface area contributed by atoms with Crippen molar-refractivity contribution in [1.29, 1.82) is 0 Å². The summed E-state index contributed by atoms with van der Waals surface area (Å²) in [5.41, 5.74) is 0. The molecule has 0 amide bonds. The molecule has 0 bridgehead atoms. The molecular weight excluding hydrogens is 290 g/mol. The number of nitrogens with one attached hydrogen (secondary N) is 2. The number of likely N-dealkylation sites (N-methyl/N-ethyl adjacent to an activating group) is 2. The number of guanidine groups is 1. The fraction of sp³-hybridized carbons (Fsp3) is 0.941. The molecule has 1 unspecified atom stereocenters. The molecule has 0 saturated heterocycles. The Labute approximate surface area is 143 Å². The highest BCUT2D eigenvalue weighted by Gasteiger charge is 2.05. The Bertz CT molecular complexity index is 299. The van der Waals surface area contributed by atoms with Crippen LogP contribution in [0.1, 0.15) is 33.6 Å². The van der Waals surface area contributed by atoms with Gasteiger partial charge in [0.15, 0.2) is 5.96 Å². The van der Waals surface area contributed by atoms with Crippen LogP contribution in [0.15, 0.2) is 4.99 Å².